The third kappa shape index (κ3) is 3.73. The summed E-state index contributed by atoms with van der Waals surface area (Å²) in [6, 6.07) is 13.5. The molecule has 1 aromatic heterocycles. The monoisotopic (exact) mass is 358 g/mol. The van der Waals surface area contributed by atoms with Gasteiger partial charge < -0.3 is 14.6 Å². The molecular weight excluding hydrogens is 336 g/mol. The third-order valence-corrected chi connectivity index (χ3v) is 4.36. The van der Waals surface area contributed by atoms with Crippen LogP contribution in [-0.2, 0) is 11.3 Å². The van der Waals surface area contributed by atoms with E-state index in [2.05, 4.69) is 41.3 Å². The van der Waals surface area contributed by atoms with Gasteiger partial charge in [0.1, 0.15) is 11.4 Å². The van der Waals surface area contributed by atoms with Crippen LogP contribution in [0, 0.1) is 11.8 Å². The molecule has 4 heteroatoms. The number of nitrogens with zero attached hydrogens (tertiary/aromatic N) is 1. The fourth-order valence-electron chi connectivity index (χ4n) is 3.13. The zero-order valence-corrected chi connectivity index (χ0v) is 15.8. The summed E-state index contributed by atoms with van der Waals surface area (Å²) in [6.07, 6.45) is 1.85. The second-order valence-corrected chi connectivity index (χ2v) is 6.10. The molecule has 0 bridgehead atoms. The highest BCUT2D eigenvalue weighted by atomic mass is 16.5. The summed E-state index contributed by atoms with van der Waals surface area (Å²) in [5, 5.41) is 3.83. The number of methoxy groups -OCH3 is 1. The van der Waals surface area contributed by atoms with Crippen LogP contribution in [0.2, 0.25) is 0 Å². The number of anilines is 1. The van der Waals surface area contributed by atoms with Crippen LogP contribution in [0.1, 0.15) is 30.7 Å². The zero-order chi connectivity index (χ0) is 19.4. The van der Waals surface area contributed by atoms with Crippen LogP contribution in [0.3, 0.4) is 0 Å². The molecule has 4 nitrogen and oxygen atoms in total. The van der Waals surface area contributed by atoms with Crippen molar-refractivity contribution in [2.45, 2.75) is 20.4 Å². The highest BCUT2D eigenvalue weighted by molar-refractivity contribution is 5.93. The fraction of sp³-hybridized carbons (Fsp3) is 0.174. The minimum absolute atomic E-state index is 0.0904. The van der Waals surface area contributed by atoms with Crippen molar-refractivity contribution in [3.8, 4) is 17.6 Å². The van der Waals surface area contributed by atoms with Gasteiger partial charge in [-0.2, -0.15) is 0 Å². The van der Waals surface area contributed by atoms with Crippen molar-refractivity contribution in [2.24, 2.45) is 0 Å². The molecular formula is C23H22N2O2. The lowest BCUT2D eigenvalue weighted by molar-refractivity contribution is -0.114. The number of ether oxygens (including phenoxy) is 1. The van der Waals surface area contributed by atoms with Gasteiger partial charge in [0.05, 0.1) is 7.11 Å². The Bertz CT molecular complexity index is 1060. The molecule has 0 saturated carbocycles. The number of aryl methyl sites for hydroxylation is 1. The summed E-state index contributed by atoms with van der Waals surface area (Å²) in [7, 11) is 1.66. The third-order valence-electron chi connectivity index (χ3n) is 4.36. The van der Waals surface area contributed by atoms with Gasteiger partial charge in [-0.25, -0.2) is 0 Å². The number of carbonyl (C=O) groups excluding carboxylic acids is 1. The van der Waals surface area contributed by atoms with E-state index < -0.39 is 0 Å². The summed E-state index contributed by atoms with van der Waals surface area (Å²) in [5.41, 5.74) is 4.69. The lowest BCUT2D eigenvalue weighted by atomic mass is 10.1. The summed E-state index contributed by atoms with van der Waals surface area (Å²) < 4.78 is 7.55. The number of hydrogen-bond acceptors (Lipinski definition) is 2. The van der Waals surface area contributed by atoms with Gasteiger partial charge in [0, 0.05) is 41.2 Å². The maximum absolute atomic E-state index is 11.1. The number of carbonyl (C=O) groups is 1. The molecule has 0 atom stereocenters. The van der Waals surface area contributed by atoms with Crippen molar-refractivity contribution >= 4 is 28.6 Å². The van der Waals surface area contributed by atoms with Crippen molar-refractivity contribution in [1.29, 1.82) is 0 Å². The zero-order valence-electron chi connectivity index (χ0n) is 15.8. The minimum Gasteiger partial charge on any atom is -0.497 e. The molecule has 3 rings (SSSR count). The molecule has 0 unspecified atom stereocenters. The molecule has 1 N–H and O–H groups in total. The maximum atomic E-state index is 11.1. The number of hydrogen-bond donors (Lipinski definition) is 1. The highest BCUT2D eigenvalue weighted by Crippen LogP contribution is 2.30. The Hall–Kier alpha value is -3.45. The molecule has 2 aromatic carbocycles. The van der Waals surface area contributed by atoms with Crippen molar-refractivity contribution in [3.05, 3.63) is 65.9 Å². The predicted octanol–water partition coefficient (Wildman–Crippen LogP) is 4.67. The molecule has 0 spiro atoms. The first-order valence-corrected chi connectivity index (χ1v) is 8.79. The van der Waals surface area contributed by atoms with Crippen molar-refractivity contribution in [2.75, 3.05) is 12.4 Å². The first kappa shape index (κ1) is 18.3. The number of aromatic nitrogens is 1. The molecule has 0 aliphatic heterocycles. The molecule has 136 valence electrons. The summed E-state index contributed by atoms with van der Waals surface area (Å²) in [6.45, 7) is 8.37. The van der Waals surface area contributed by atoms with Crippen molar-refractivity contribution < 1.29 is 9.53 Å². The van der Waals surface area contributed by atoms with E-state index in [0.29, 0.717) is 0 Å². The van der Waals surface area contributed by atoms with Gasteiger partial charge in [0.15, 0.2) is 0 Å². The van der Waals surface area contributed by atoms with Gasteiger partial charge in [-0.05, 0) is 55.3 Å². The Morgan fingerprint density at radius 2 is 1.96 bits per heavy atom. The van der Waals surface area contributed by atoms with Gasteiger partial charge in [0.2, 0.25) is 5.91 Å². The molecule has 0 saturated heterocycles. The van der Waals surface area contributed by atoms with E-state index in [9.17, 15) is 4.79 Å². The average molecular weight is 358 g/mol. The van der Waals surface area contributed by atoms with E-state index in [1.807, 2.05) is 42.5 Å². The normalized spacial score (nSPS) is 10.2. The average Bonchev–Trinajstić information content (AvgIpc) is 2.98. The Kier molecular flexibility index (Phi) is 5.33. The van der Waals surface area contributed by atoms with Crippen LogP contribution in [-0.4, -0.2) is 17.6 Å². The minimum atomic E-state index is -0.0904. The first-order valence-electron chi connectivity index (χ1n) is 8.79. The predicted molar refractivity (Wildman–Crippen MR) is 111 cm³/mol. The number of nitrogens with one attached hydrogen (secondary N) is 1. The lowest BCUT2D eigenvalue weighted by Crippen LogP contribution is -2.05. The summed E-state index contributed by atoms with van der Waals surface area (Å²) in [4.78, 5) is 11.1. The number of amides is 1. The van der Waals surface area contributed by atoms with Gasteiger partial charge >= 0.3 is 0 Å². The SMILES string of the molecule is C=Cc1c(C#Cc2ccc(NC(C)=O)cc2)n(CC)c2ccc(OC)cc12. The van der Waals surface area contributed by atoms with E-state index >= 15 is 0 Å². The van der Waals surface area contributed by atoms with Gasteiger partial charge in [-0.15, -0.1) is 0 Å². The second-order valence-electron chi connectivity index (χ2n) is 6.10. The van der Waals surface area contributed by atoms with Crippen LogP contribution in [0.25, 0.3) is 17.0 Å². The molecule has 0 aliphatic carbocycles. The van der Waals surface area contributed by atoms with E-state index in [-0.39, 0.29) is 5.91 Å². The number of fused-ring (bicyclic) bond motifs is 1. The largest absolute Gasteiger partial charge is 0.497 e. The van der Waals surface area contributed by atoms with Crippen molar-refractivity contribution in [3.63, 3.8) is 0 Å². The van der Waals surface area contributed by atoms with E-state index in [0.717, 1.165) is 45.7 Å². The second kappa shape index (κ2) is 7.84. The lowest BCUT2D eigenvalue weighted by Gasteiger charge is -2.04. The smallest absolute Gasteiger partial charge is 0.221 e. The van der Waals surface area contributed by atoms with E-state index in [1.165, 1.54) is 6.92 Å². The van der Waals surface area contributed by atoms with Gasteiger partial charge in [-0.3, -0.25) is 4.79 Å². The van der Waals surface area contributed by atoms with Crippen LogP contribution < -0.4 is 10.1 Å². The fourth-order valence-corrected chi connectivity index (χ4v) is 3.13. The van der Waals surface area contributed by atoms with E-state index in [4.69, 9.17) is 4.74 Å². The number of rotatable bonds is 4. The van der Waals surface area contributed by atoms with Gasteiger partial charge in [0.25, 0.3) is 0 Å². The van der Waals surface area contributed by atoms with Crippen molar-refractivity contribution in [1.82, 2.24) is 4.57 Å². The quantitative estimate of drug-likeness (QED) is 0.689. The molecule has 1 amide bonds. The summed E-state index contributed by atoms with van der Waals surface area (Å²) in [5.74, 6) is 7.24. The first-order chi connectivity index (χ1) is 13.1. The molecule has 0 radical (unpaired) electrons. The molecule has 27 heavy (non-hydrogen) atoms. The van der Waals surface area contributed by atoms with Crippen LogP contribution in [0.4, 0.5) is 5.69 Å². The molecule has 1 heterocycles. The van der Waals surface area contributed by atoms with Gasteiger partial charge in [-0.1, -0.05) is 18.6 Å². The highest BCUT2D eigenvalue weighted by Gasteiger charge is 2.13. The Balaban J connectivity index is 2.06. The standard InChI is InChI=1S/C23H22N2O2/c1-5-20-21-15-19(27-4)12-14-23(21)25(6-2)22(20)13-9-17-7-10-18(11-8-17)24-16(3)26/h5,7-8,10-12,14-15H,1,6H2,2-4H3,(H,24,26). The number of benzene rings is 2. The molecule has 0 aliphatic rings. The maximum Gasteiger partial charge on any atom is 0.221 e. The van der Waals surface area contributed by atoms with Crippen LogP contribution in [0.15, 0.2) is 49.0 Å². The molecule has 3 aromatic rings. The van der Waals surface area contributed by atoms with Crippen LogP contribution >= 0.6 is 0 Å². The molecule has 0 fully saturated rings. The Morgan fingerprint density at radius 1 is 1.22 bits per heavy atom. The Morgan fingerprint density at radius 3 is 2.56 bits per heavy atom. The van der Waals surface area contributed by atoms with E-state index in [1.54, 1.807) is 7.11 Å². The Labute approximate surface area is 159 Å². The topological polar surface area (TPSA) is 43.3 Å². The summed E-state index contributed by atoms with van der Waals surface area (Å²) >= 11 is 0. The van der Waals surface area contributed by atoms with Crippen LogP contribution in [0.5, 0.6) is 5.75 Å².